The molecule has 0 radical (unpaired) electrons. The lowest BCUT2D eigenvalue weighted by atomic mass is 9.95. The van der Waals surface area contributed by atoms with E-state index in [1.54, 1.807) is 0 Å². The molecule has 49 heavy (non-hydrogen) atoms. The van der Waals surface area contributed by atoms with Gasteiger partial charge in [-0.3, -0.25) is 0 Å². The second-order valence-electron chi connectivity index (χ2n) is 13.2. The van der Waals surface area contributed by atoms with E-state index in [4.69, 9.17) is 0 Å². The van der Waals surface area contributed by atoms with Crippen molar-refractivity contribution in [1.29, 1.82) is 0 Å². The molecule has 228 valence electrons. The van der Waals surface area contributed by atoms with Crippen molar-refractivity contribution in [1.82, 2.24) is 4.57 Å². The minimum Gasteiger partial charge on any atom is -0.309 e. The maximum absolute atomic E-state index is 2.80. The Kier molecular flexibility index (Phi) is 5.63. The van der Waals surface area contributed by atoms with Gasteiger partial charge < -0.3 is 4.57 Å². The van der Waals surface area contributed by atoms with Crippen LogP contribution in [0.5, 0.6) is 0 Å². The van der Waals surface area contributed by atoms with Crippen LogP contribution in [0.2, 0.25) is 0 Å². The van der Waals surface area contributed by atoms with Crippen LogP contribution in [-0.2, 0) is 0 Å². The first-order valence-electron chi connectivity index (χ1n) is 16.9. The van der Waals surface area contributed by atoms with Crippen LogP contribution in [0.1, 0.15) is 0 Å². The highest BCUT2D eigenvalue weighted by molar-refractivity contribution is 7.26. The first kappa shape index (κ1) is 27.2. The Balaban J connectivity index is 1.40. The maximum Gasteiger partial charge on any atom is 0.180 e. The summed E-state index contributed by atoms with van der Waals surface area (Å²) in [5.74, 6) is 0. The van der Waals surface area contributed by atoms with Crippen LogP contribution < -0.4 is 20.7 Å². The largest absolute Gasteiger partial charge is 0.309 e. The second-order valence-corrected chi connectivity index (χ2v) is 18.0. The fourth-order valence-corrected chi connectivity index (χ4v) is 15.2. The van der Waals surface area contributed by atoms with Crippen molar-refractivity contribution in [3.8, 4) is 16.8 Å². The molecule has 0 spiro atoms. The molecule has 8 aromatic carbocycles. The van der Waals surface area contributed by atoms with E-state index in [-0.39, 0.29) is 0 Å². The van der Waals surface area contributed by atoms with Gasteiger partial charge in [0.15, 0.2) is 8.07 Å². The molecular formula is C46H29NSSi. The number of fused-ring (bicyclic) bond motifs is 12. The van der Waals surface area contributed by atoms with Gasteiger partial charge in [0.05, 0.1) is 11.0 Å². The lowest BCUT2D eigenvalue weighted by Gasteiger charge is -2.31. The Morgan fingerprint density at radius 2 is 1.06 bits per heavy atom. The number of thiophene rings is 1. The van der Waals surface area contributed by atoms with Crippen molar-refractivity contribution in [3.63, 3.8) is 0 Å². The number of para-hydroxylation sites is 2. The van der Waals surface area contributed by atoms with Gasteiger partial charge in [-0.05, 0) is 79.0 Å². The van der Waals surface area contributed by atoms with E-state index in [1.807, 2.05) is 11.3 Å². The van der Waals surface area contributed by atoms with E-state index in [2.05, 4.69) is 180 Å². The van der Waals surface area contributed by atoms with E-state index in [0.717, 1.165) is 0 Å². The van der Waals surface area contributed by atoms with Gasteiger partial charge in [-0.2, -0.15) is 0 Å². The van der Waals surface area contributed by atoms with Gasteiger partial charge in [-0.15, -0.1) is 11.3 Å². The molecule has 11 rings (SSSR count). The molecule has 1 aliphatic rings. The topological polar surface area (TPSA) is 4.93 Å². The van der Waals surface area contributed by atoms with E-state index < -0.39 is 8.07 Å². The molecule has 0 N–H and O–H groups in total. The van der Waals surface area contributed by atoms with Crippen LogP contribution in [0.15, 0.2) is 176 Å². The van der Waals surface area contributed by atoms with Gasteiger partial charge >= 0.3 is 0 Å². The van der Waals surface area contributed by atoms with Crippen LogP contribution in [0.4, 0.5) is 0 Å². The lowest BCUT2D eigenvalue weighted by Crippen LogP contribution is -2.72. The standard InChI is InChI=1S/C46H29NSSi/c1-3-15-32(16-4-1)47-37-21-11-9-19-35(37)43-38(47)25-27-41-45(43)46-42(28-26-40-44(46)36-20-10-12-22-39(36)48-40)49(41,33-17-5-2-6-18-33)34-24-23-30-13-7-8-14-31(30)29-34/h1-29H. The molecule has 3 heterocycles. The molecule has 0 saturated carbocycles. The molecule has 0 amide bonds. The monoisotopic (exact) mass is 655 g/mol. The zero-order chi connectivity index (χ0) is 32.1. The molecule has 1 aliphatic heterocycles. The maximum atomic E-state index is 2.50. The van der Waals surface area contributed by atoms with Crippen LogP contribution in [-0.4, -0.2) is 12.6 Å². The summed E-state index contributed by atoms with van der Waals surface area (Å²) in [5.41, 5.74) is 6.52. The van der Waals surface area contributed by atoms with Crippen LogP contribution >= 0.6 is 11.3 Å². The van der Waals surface area contributed by atoms with Gasteiger partial charge in [-0.25, -0.2) is 0 Å². The summed E-state index contributed by atoms with van der Waals surface area (Å²) in [6.45, 7) is 0. The Hall–Kier alpha value is -5.74. The zero-order valence-corrected chi connectivity index (χ0v) is 28.4. The Morgan fingerprint density at radius 3 is 1.90 bits per heavy atom. The normalized spacial score (nSPS) is 15.4. The third-order valence-corrected chi connectivity index (χ3v) is 16.8. The van der Waals surface area contributed by atoms with Crippen molar-refractivity contribution >= 4 is 92.9 Å². The highest BCUT2D eigenvalue weighted by atomic mass is 32.1. The average molecular weight is 656 g/mol. The highest BCUT2D eigenvalue weighted by Gasteiger charge is 2.50. The Morgan fingerprint density at radius 1 is 0.408 bits per heavy atom. The van der Waals surface area contributed by atoms with Gasteiger partial charge in [-0.1, -0.05) is 140 Å². The lowest BCUT2D eigenvalue weighted by molar-refractivity contribution is 1.18. The number of aromatic nitrogens is 1. The van der Waals surface area contributed by atoms with Gasteiger partial charge in [0.2, 0.25) is 0 Å². The fraction of sp³-hybridized carbons (Fsp3) is 0. The van der Waals surface area contributed by atoms with Crippen molar-refractivity contribution in [2.24, 2.45) is 0 Å². The molecule has 0 saturated heterocycles. The minimum atomic E-state index is -2.80. The molecule has 10 aromatic rings. The summed E-state index contributed by atoms with van der Waals surface area (Å²) >= 11 is 1.92. The van der Waals surface area contributed by atoms with E-state index >= 15 is 0 Å². The smallest absolute Gasteiger partial charge is 0.180 e. The third-order valence-electron chi connectivity index (χ3n) is 10.8. The van der Waals surface area contributed by atoms with E-state index in [1.165, 1.54) is 90.3 Å². The molecule has 1 nitrogen and oxygen atoms in total. The summed E-state index contributed by atoms with van der Waals surface area (Å²) < 4.78 is 5.17. The van der Waals surface area contributed by atoms with Crippen molar-refractivity contribution < 1.29 is 0 Å². The van der Waals surface area contributed by atoms with Crippen LogP contribution in [0, 0.1) is 0 Å². The SMILES string of the molecule is c1ccc(-n2c3ccccc3c3c4c(ccc32)[Si](c2ccccc2)(c2ccc3ccccc3c2)c2ccc3sc5ccccc5c3c2-4)cc1. The summed E-state index contributed by atoms with van der Waals surface area (Å²) in [6.07, 6.45) is 0. The predicted octanol–water partition coefficient (Wildman–Crippen LogP) is 9.66. The average Bonchev–Trinajstić information content (AvgIpc) is 3.81. The quantitative estimate of drug-likeness (QED) is 0.167. The number of rotatable bonds is 3. The van der Waals surface area contributed by atoms with Crippen molar-refractivity contribution in [2.45, 2.75) is 0 Å². The summed E-state index contributed by atoms with van der Waals surface area (Å²) in [7, 11) is -2.80. The van der Waals surface area contributed by atoms with E-state index in [0.29, 0.717) is 0 Å². The van der Waals surface area contributed by atoms with Gasteiger partial charge in [0.25, 0.3) is 0 Å². The Bertz CT molecular complexity index is 2940. The second kappa shape index (κ2) is 10.1. The number of nitrogens with zero attached hydrogens (tertiary/aromatic N) is 1. The van der Waals surface area contributed by atoms with E-state index in [9.17, 15) is 0 Å². The summed E-state index contributed by atoms with van der Waals surface area (Å²) in [4.78, 5) is 0. The Labute approximate surface area is 289 Å². The van der Waals surface area contributed by atoms with Crippen molar-refractivity contribution in [2.75, 3.05) is 0 Å². The van der Waals surface area contributed by atoms with Crippen LogP contribution in [0.25, 0.3) is 69.6 Å². The van der Waals surface area contributed by atoms with Crippen LogP contribution in [0.3, 0.4) is 0 Å². The number of hydrogen-bond donors (Lipinski definition) is 0. The number of hydrogen-bond acceptors (Lipinski definition) is 1. The molecule has 1 atom stereocenters. The molecular weight excluding hydrogens is 627 g/mol. The molecule has 0 bridgehead atoms. The van der Waals surface area contributed by atoms with Gasteiger partial charge in [0.1, 0.15) is 0 Å². The van der Waals surface area contributed by atoms with Gasteiger partial charge in [0, 0.05) is 36.6 Å². The first-order chi connectivity index (χ1) is 24.3. The predicted molar refractivity (Wildman–Crippen MR) is 214 cm³/mol. The summed E-state index contributed by atoms with van der Waals surface area (Å²) in [6, 6.07) is 66.2. The van der Waals surface area contributed by atoms with Crippen molar-refractivity contribution in [3.05, 3.63) is 176 Å². The highest BCUT2D eigenvalue weighted by Crippen LogP contribution is 2.46. The fourth-order valence-electron chi connectivity index (χ4n) is 8.92. The zero-order valence-electron chi connectivity index (χ0n) is 26.6. The first-order valence-corrected chi connectivity index (χ1v) is 19.8. The minimum absolute atomic E-state index is 1.19. The molecule has 1 unspecified atom stereocenters. The summed E-state index contributed by atoms with van der Waals surface area (Å²) in [5, 5.41) is 13.8. The molecule has 0 fully saturated rings. The number of benzene rings is 8. The molecule has 0 aliphatic carbocycles. The third kappa shape index (κ3) is 3.58. The molecule has 3 heteroatoms. The molecule has 2 aromatic heterocycles.